The molecule has 0 aromatic heterocycles. The van der Waals surface area contributed by atoms with Crippen LogP contribution in [0.4, 0.5) is 4.79 Å². The summed E-state index contributed by atoms with van der Waals surface area (Å²) in [5.74, 6) is -2.03. The van der Waals surface area contributed by atoms with E-state index in [9.17, 15) is 14.4 Å². The van der Waals surface area contributed by atoms with Crippen LogP contribution in [0.2, 0.25) is 0 Å². The number of nitrogens with one attached hydrogen (secondary N) is 2. The Balaban J connectivity index is 4.17. The van der Waals surface area contributed by atoms with E-state index >= 15 is 0 Å². The molecule has 0 heterocycles. The Kier molecular flexibility index (Phi) is 5.86. The number of carboxylic acids is 1. The second-order valence-corrected chi connectivity index (χ2v) is 2.94. The second-order valence-electron chi connectivity index (χ2n) is 2.94. The number of rotatable bonds is 5. The highest BCUT2D eigenvalue weighted by molar-refractivity contribution is 5.86. The van der Waals surface area contributed by atoms with Crippen molar-refractivity contribution in [3.63, 3.8) is 0 Å². The summed E-state index contributed by atoms with van der Waals surface area (Å²) < 4.78 is 4.34. The van der Waals surface area contributed by atoms with E-state index in [0.29, 0.717) is 0 Å². The van der Waals surface area contributed by atoms with Crippen LogP contribution in [-0.4, -0.2) is 54.0 Å². The molecule has 4 N–H and O–H groups in total. The minimum atomic E-state index is -1.41. The molecular weight excluding hydrogens is 220 g/mol. The Morgan fingerprint density at radius 3 is 2.25 bits per heavy atom. The molecule has 2 amide bonds. The quantitative estimate of drug-likeness (QED) is 0.420. The first-order valence-electron chi connectivity index (χ1n) is 4.40. The van der Waals surface area contributed by atoms with Gasteiger partial charge in [-0.2, -0.15) is 0 Å². The summed E-state index contributed by atoms with van der Waals surface area (Å²) in [6.07, 6.45) is 0. The van der Waals surface area contributed by atoms with Crippen LogP contribution in [0, 0.1) is 0 Å². The number of carbonyl (C=O) groups is 3. The molecule has 2 atom stereocenters. The highest BCUT2D eigenvalue weighted by Crippen LogP contribution is 1.87. The summed E-state index contributed by atoms with van der Waals surface area (Å²) in [7, 11) is 1.16. The lowest BCUT2D eigenvalue weighted by molar-refractivity contribution is -0.142. The number of aliphatic hydroxyl groups is 1. The van der Waals surface area contributed by atoms with Gasteiger partial charge >= 0.3 is 18.0 Å². The molecule has 0 bridgehead atoms. The molecule has 16 heavy (non-hydrogen) atoms. The molecule has 0 aromatic rings. The number of hydrogen-bond donors (Lipinski definition) is 4. The van der Waals surface area contributed by atoms with E-state index in [4.69, 9.17) is 10.2 Å². The zero-order valence-electron chi connectivity index (χ0n) is 8.89. The Labute approximate surface area is 91.6 Å². The zero-order chi connectivity index (χ0) is 12.7. The molecule has 0 saturated heterocycles. The first kappa shape index (κ1) is 14.2. The van der Waals surface area contributed by atoms with Crippen molar-refractivity contribution >= 4 is 18.0 Å². The number of hydrogen-bond acceptors (Lipinski definition) is 5. The summed E-state index contributed by atoms with van der Waals surface area (Å²) in [5, 5.41) is 21.3. The number of amides is 2. The van der Waals surface area contributed by atoms with Crippen molar-refractivity contribution < 1.29 is 29.3 Å². The molecule has 0 aliphatic carbocycles. The van der Waals surface area contributed by atoms with Crippen LogP contribution in [0.5, 0.6) is 0 Å². The van der Waals surface area contributed by atoms with E-state index in [0.717, 1.165) is 7.11 Å². The molecule has 0 saturated carbocycles. The molecule has 0 fully saturated rings. The van der Waals surface area contributed by atoms with E-state index in [-0.39, 0.29) is 0 Å². The summed E-state index contributed by atoms with van der Waals surface area (Å²) in [5.41, 5.74) is 0. The van der Waals surface area contributed by atoms with Crippen molar-refractivity contribution in [2.45, 2.75) is 19.0 Å². The smallest absolute Gasteiger partial charge is 0.328 e. The maximum absolute atomic E-state index is 11.1. The monoisotopic (exact) mass is 234 g/mol. The summed E-state index contributed by atoms with van der Waals surface area (Å²) >= 11 is 0. The first-order valence-corrected chi connectivity index (χ1v) is 4.40. The third-order valence-corrected chi connectivity index (χ3v) is 1.69. The van der Waals surface area contributed by atoms with Gasteiger partial charge < -0.3 is 25.6 Å². The maximum atomic E-state index is 11.1. The van der Waals surface area contributed by atoms with Crippen LogP contribution >= 0.6 is 0 Å². The van der Waals surface area contributed by atoms with Crippen LogP contribution in [0.3, 0.4) is 0 Å². The predicted octanol–water partition coefficient (Wildman–Crippen LogP) is -1.71. The fraction of sp³-hybridized carbons (Fsp3) is 0.625. The molecular formula is C8H14N2O6. The number of urea groups is 1. The van der Waals surface area contributed by atoms with Gasteiger partial charge in [0.2, 0.25) is 0 Å². The standard InChI is InChI=1S/C8H14N2O6/c1-4(7(14)16-2)9-8(15)10-5(3-11)6(12)13/h4-5,11H,3H2,1-2H3,(H,12,13)(H2,9,10,15)/t4?,5-/m1/s1. The van der Waals surface area contributed by atoms with Crippen LogP contribution in [0.15, 0.2) is 0 Å². The number of esters is 1. The largest absolute Gasteiger partial charge is 0.480 e. The van der Waals surface area contributed by atoms with Crippen LogP contribution in [0.1, 0.15) is 6.92 Å². The third-order valence-electron chi connectivity index (χ3n) is 1.69. The summed E-state index contributed by atoms with van der Waals surface area (Å²) in [6, 6.07) is -3.19. The Morgan fingerprint density at radius 2 is 1.88 bits per heavy atom. The van der Waals surface area contributed by atoms with Gasteiger partial charge in [0.1, 0.15) is 6.04 Å². The fourth-order valence-corrected chi connectivity index (χ4v) is 0.818. The highest BCUT2D eigenvalue weighted by Gasteiger charge is 2.21. The maximum Gasteiger partial charge on any atom is 0.328 e. The molecule has 1 unspecified atom stereocenters. The number of carbonyl (C=O) groups excluding carboxylic acids is 2. The third kappa shape index (κ3) is 4.60. The van der Waals surface area contributed by atoms with Gasteiger partial charge in [0.25, 0.3) is 0 Å². The molecule has 8 nitrogen and oxygen atoms in total. The summed E-state index contributed by atoms with van der Waals surface area (Å²) in [6.45, 7) is 0.634. The van der Waals surface area contributed by atoms with E-state index in [1.54, 1.807) is 0 Å². The van der Waals surface area contributed by atoms with E-state index < -0.39 is 36.7 Å². The average molecular weight is 234 g/mol. The highest BCUT2D eigenvalue weighted by atomic mass is 16.5. The molecule has 0 rings (SSSR count). The van der Waals surface area contributed by atoms with E-state index in [1.807, 2.05) is 5.32 Å². The number of aliphatic carboxylic acids is 1. The number of methoxy groups -OCH3 is 1. The SMILES string of the molecule is COC(=O)C(C)NC(=O)N[C@H](CO)C(=O)O. The van der Waals surface area contributed by atoms with Crippen LogP contribution in [0.25, 0.3) is 0 Å². The second kappa shape index (κ2) is 6.62. The van der Waals surface area contributed by atoms with Gasteiger partial charge in [0.05, 0.1) is 13.7 Å². The Morgan fingerprint density at radius 1 is 1.31 bits per heavy atom. The van der Waals surface area contributed by atoms with Gasteiger partial charge in [-0.1, -0.05) is 0 Å². The molecule has 0 aromatic carbocycles. The number of aliphatic hydroxyl groups excluding tert-OH is 1. The van der Waals surface area contributed by atoms with E-state index in [2.05, 4.69) is 10.1 Å². The van der Waals surface area contributed by atoms with Crippen molar-refractivity contribution in [1.82, 2.24) is 10.6 Å². The van der Waals surface area contributed by atoms with Crippen molar-refractivity contribution in [2.75, 3.05) is 13.7 Å². The molecule has 8 heteroatoms. The van der Waals surface area contributed by atoms with Gasteiger partial charge in [-0.15, -0.1) is 0 Å². The van der Waals surface area contributed by atoms with Gasteiger partial charge in [0.15, 0.2) is 6.04 Å². The molecule has 0 radical (unpaired) electrons. The first-order chi connectivity index (χ1) is 7.42. The predicted molar refractivity (Wildman–Crippen MR) is 51.7 cm³/mol. The minimum absolute atomic E-state index is 0.661. The minimum Gasteiger partial charge on any atom is -0.480 e. The van der Waals surface area contributed by atoms with Crippen LogP contribution in [-0.2, 0) is 14.3 Å². The average Bonchev–Trinajstić information content (AvgIpc) is 2.23. The topological polar surface area (TPSA) is 125 Å². The van der Waals surface area contributed by atoms with Gasteiger partial charge in [0, 0.05) is 0 Å². The van der Waals surface area contributed by atoms with Gasteiger partial charge in [-0.3, -0.25) is 0 Å². The van der Waals surface area contributed by atoms with Gasteiger partial charge in [-0.05, 0) is 6.92 Å². The van der Waals surface area contributed by atoms with Crippen molar-refractivity contribution in [3.8, 4) is 0 Å². The Bertz CT molecular complexity index is 280. The van der Waals surface area contributed by atoms with Crippen molar-refractivity contribution in [2.24, 2.45) is 0 Å². The summed E-state index contributed by atoms with van der Waals surface area (Å²) in [4.78, 5) is 32.5. The lowest BCUT2D eigenvalue weighted by Gasteiger charge is -2.15. The lowest BCUT2D eigenvalue weighted by Crippen LogP contribution is -2.51. The van der Waals surface area contributed by atoms with Crippen molar-refractivity contribution in [3.05, 3.63) is 0 Å². The Hall–Kier alpha value is -1.83. The van der Waals surface area contributed by atoms with Gasteiger partial charge in [-0.25, -0.2) is 14.4 Å². The van der Waals surface area contributed by atoms with E-state index in [1.165, 1.54) is 6.92 Å². The fourth-order valence-electron chi connectivity index (χ4n) is 0.818. The number of ether oxygens (including phenoxy) is 1. The number of carboxylic acid groups (broad SMARTS) is 1. The molecule has 0 spiro atoms. The van der Waals surface area contributed by atoms with Crippen molar-refractivity contribution in [1.29, 1.82) is 0 Å². The zero-order valence-corrected chi connectivity index (χ0v) is 8.89. The molecule has 0 aliphatic heterocycles. The molecule has 0 aliphatic rings. The normalized spacial score (nSPS) is 13.4. The molecule has 92 valence electrons. The lowest BCUT2D eigenvalue weighted by atomic mass is 10.3. The van der Waals surface area contributed by atoms with Crippen LogP contribution < -0.4 is 10.6 Å².